The number of nitriles is 1. The molecule has 3 aromatic carbocycles. The predicted molar refractivity (Wildman–Crippen MR) is 93.8 cm³/mol. The summed E-state index contributed by atoms with van der Waals surface area (Å²) < 4.78 is 2.00. The summed E-state index contributed by atoms with van der Waals surface area (Å²) >= 11 is 7.00. The SMILES string of the molecule is N#Cc1ccc(Nc2ccc(Br)cc2Br)c2ccccc12. The molecule has 0 radical (unpaired) electrons. The Balaban J connectivity index is 2.12. The topological polar surface area (TPSA) is 35.8 Å². The van der Waals surface area contributed by atoms with Crippen molar-refractivity contribution in [2.45, 2.75) is 0 Å². The number of benzene rings is 3. The summed E-state index contributed by atoms with van der Waals surface area (Å²) in [5.41, 5.74) is 2.65. The van der Waals surface area contributed by atoms with Gasteiger partial charge >= 0.3 is 0 Å². The van der Waals surface area contributed by atoms with Crippen molar-refractivity contribution in [1.82, 2.24) is 0 Å². The van der Waals surface area contributed by atoms with Gasteiger partial charge in [-0.05, 0) is 46.3 Å². The predicted octanol–water partition coefficient (Wildman–Crippen LogP) is 5.98. The van der Waals surface area contributed by atoms with Crippen LogP contribution in [0.3, 0.4) is 0 Å². The molecule has 0 aromatic heterocycles. The lowest BCUT2D eigenvalue weighted by molar-refractivity contribution is 1.49. The van der Waals surface area contributed by atoms with Crippen LogP contribution in [0.4, 0.5) is 11.4 Å². The van der Waals surface area contributed by atoms with Crippen LogP contribution in [0.2, 0.25) is 0 Å². The van der Waals surface area contributed by atoms with Gasteiger partial charge in [0.1, 0.15) is 0 Å². The molecule has 0 fully saturated rings. The number of rotatable bonds is 2. The van der Waals surface area contributed by atoms with Crippen molar-refractivity contribution in [1.29, 1.82) is 5.26 Å². The maximum absolute atomic E-state index is 9.21. The molecule has 4 heteroatoms. The summed E-state index contributed by atoms with van der Waals surface area (Å²) in [6.07, 6.45) is 0. The Hall–Kier alpha value is -1.83. The fourth-order valence-corrected chi connectivity index (χ4v) is 3.39. The van der Waals surface area contributed by atoms with Crippen LogP contribution in [0.15, 0.2) is 63.5 Å². The van der Waals surface area contributed by atoms with E-state index < -0.39 is 0 Å². The van der Waals surface area contributed by atoms with E-state index in [1.54, 1.807) is 0 Å². The number of nitrogens with one attached hydrogen (secondary N) is 1. The zero-order valence-corrected chi connectivity index (χ0v) is 14.1. The monoisotopic (exact) mass is 400 g/mol. The third kappa shape index (κ3) is 2.80. The number of hydrogen-bond acceptors (Lipinski definition) is 2. The quantitative estimate of drug-likeness (QED) is 0.573. The van der Waals surface area contributed by atoms with Gasteiger partial charge in [0.2, 0.25) is 0 Å². The molecular formula is C17H10Br2N2. The van der Waals surface area contributed by atoms with E-state index in [1.165, 1.54) is 0 Å². The van der Waals surface area contributed by atoms with Gasteiger partial charge in [0.15, 0.2) is 0 Å². The summed E-state index contributed by atoms with van der Waals surface area (Å²) in [6, 6.07) is 19.9. The minimum absolute atomic E-state index is 0.686. The van der Waals surface area contributed by atoms with Gasteiger partial charge in [-0.1, -0.05) is 40.2 Å². The van der Waals surface area contributed by atoms with Gasteiger partial charge in [-0.2, -0.15) is 5.26 Å². The van der Waals surface area contributed by atoms with Crippen LogP contribution < -0.4 is 5.32 Å². The Labute approximate surface area is 139 Å². The van der Waals surface area contributed by atoms with E-state index in [2.05, 4.69) is 43.2 Å². The van der Waals surface area contributed by atoms with Gasteiger partial charge < -0.3 is 5.32 Å². The van der Waals surface area contributed by atoms with E-state index in [4.69, 9.17) is 0 Å². The number of fused-ring (bicyclic) bond motifs is 1. The zero-order valence-electron chi connectivity index (χ0n) is 10.9. The number of hydrogen-bond donors (Lipinski definition) is 1. The number of anilines is 2. The molecule has 0 spiro atoms. The van der Waals surface area contributed by atoms with Gasteiger partial charge in [-0.15, -0.1) is 0 Å². The molecule has 3 aromatic rings. The highest BCUT2D eigenvalue weighted by Crippen LogP contribution is 2.33. The maximum atomic E-state index is 9.21. The van der Waals surface area contributed by atoms with E-state index in [0.29, 0.717) is 5.56 Å². The summed E-state index contributed by atoms with van der Waals surface area (Å²) in [5, 5.41) is 14.6. The summed E-state index contributed by atoms with van der Waals surface area (Å²) in [5.74, 6) is 0. The second kappa shape index (κ2) is 5.88. The maximum Gasteiger partial charge on any atom is 0.0998 e. The van der Waals surface area contributed by atoms with Crippen molar-refractivity contribution in [2.75, 3.05) is 5.32 Å². The normalized spacial score (nSPS) is 10.3. The third-order valence-corrected chi connectivity index (χ3v) is 4.39. The highest BCUT2D eigenvalue weighted by atomic mass is 79.9. The van der Waals surface area contributed by atoms with Crippen molar-refractivity contribution >= 4 is 54.0 Å². The fraction of sp³-hybridized carbons (Fsp3) is 0. The zero-order chi connectivity index (χ0) is 14.8. The van der Waals surface area contributed by atoms with Crippen molar-refractivity contribution in [2.24, 2.45) is 0 Å². The first-order valence-electron chi connectivity index (χ1n) is 6.33. The van der Waals surface area contributed by atoms with Gasteiger partial charge in [0, 0.05) is 25.4 Å². The number of nitrogens with zero attached hydrogens (tertiary/aromatic N) is 1. The first-order chi connectivity index (χ1) is 10.2. The molecule has 102 valence electrons. The lowest BCUT2D eigenvalue weighted by Crippen LogP contribution is -1.93. The molecular weight excluding hydrogens is 392 g/mol. The first-order valence-corrected chi connectivity index (χ1v) is 7.91. The van der Waals surface area contributed by atoms with Gasteiger partial charge in [-0.25, -0.2) is 0 Å². The lowest BCUT2D eigenvalue weighted by atomic mass is 10.0. The largest absolute Gasteiger partial charge is 0.354 e. The summed E-state index contributed by atoms with van der Waals surface area (Å²) in [4.78, 5) is 0. The molecule has 0 aliphatic carbocycles. The second-order valence-electron chi connectivity index (χ2n) is 4.57. The van der Waals surface area contributed by atoms with Crippen molar-refractivity contribution < 1.29 is 0 Å². The Morgan fingerprint density at radius 3 is 2.29 bits per heavy atom. The standard InChI is InChI=1S/C17H10Br2N2/c18-12-6-8-17(15(19)9-12)21-16-7-5-11(10-20)13-3-1-2-4-14(13)16/h1-9,21H. The number of halogens is 2. The van der Waals surface area contributed by atoms with Crippen molar-refractivity contribution in [3.05, 3.63) is 69.1 Å². The minimum Gasteiger partial charge on any atom is -0.354 e. The first kappa shape index (κ1) is 14.1. The Bertz CT molecular complexity index is 866. The van der Waals surface area contributed by atoms with Crippen LogP contribution in [-0.4, -0.2) is 0 Å². The van der Waals surface area contributed by atoms with Crippen LogP contribution in [0, 0.1) is 11.3 Å². The highest BCUT2D eigenvalue weighted by molar-refractivity contribution is 9.11. The van der Waals surface area contributed by atoms with Crippen molar-refractivity contribution in [3.63, 3.8) is 0 Å². The van der Waals surface area contributed by atoms with Crippen LogP contribution in [0.25, 0.3) is 10.8 Å². The second-order valence-corrected chi connectivity index (χ2v) is 6.34. The van der Waals surface area contributed by atoms with Crippen molar-refractivity contribution in [3.8, 4) is 6.07 Å². The molecule has 21 heavy (non-hydrogen) atoms. The molecule has 0 amide bonds. The highest BCUT2D eigenvalue weighted by Gasteiger charge is 2.07. The molecule has 0 bridgehead atoms. The minimum atomic E-state index is 0.686. The van der Waals surface area contributed by atoms with E-state index in [1.807, 2.05) is 54.6 Å². The molecule has 0 unspecified atom stereocenters. The van der Waals surface area contributed by atoms with E-state index in [0.717, 1.165) is 31.1 Å². The van der Waals surface area contributed by atoms with Crippen LogP contribution >= 0.6 is 31.9 Å². The van der Waals surface area contributed by atoms with E-state index >= 15 is 0 Å². The molecule has 0 heterocycles. The molecule has 0 atom stereocenters. The molecule has 1 N–H and O–H groups in total. The Morgan fingerprint density at radius 1 is 0.857 bits per heavy atom. The molecule has 0 aliphatic heterocycles. The van der Waals surface area contributed by atoms with Gasteiger partial charge in [0.25, 0.3) is 0 Å². The van der Waals surface area contributed by atoms with Crippen LogP contribution in [-0.2, 0) is 0 Å². The van der Waals surface area contributed by atoms with Gasteiger partial charge in [0.05, 0.1) is 17.3 Å². The smallest absolute Gasteiger partial charge is 0.0998 e. The average molecular weight is 402 g/mol. The summed E-state index contributed by atoms with van der Waals surface area (Å²) in [6.45, 7) is 0. The Kier molecular flexibility index (Phi) is 3.96. The molecule has 2 nitrogen and oxygen atoms in total. The molecule has 0 aliphatic rings. The molecule has 0 saturated heterocycles. The van der Waals surface area contributed by atoms with Gasteiger partial charge in [-0.3, -0.25) is 0 Å². The van der Waals surface area contributed by atoms with E-state index in [9.17, 15) is 5.26 Å². The molecule has 3 rings (SSSR count). The lowest BCUT2D eigenvalue weighted by Gasteiger charge is -2.12. The Morgan fingerprint density at radius 2 is 1.57 bits per heavy atom. The fourth-order valence-electron chi connectivity index (χ4n) is 2.24. The summed E-state index contributed by atoms with van der Waals surface area (Å²) in [7, 11) is 0. The average Bonchev–Trinajstić information content (AvgIpc) is 2.50. The third-order valence-electron chi connectivity index (χ3n) is 3.24. The van der Waals surface area contributed by atoms with Crippen LogP contribution in [0.5, 0.6) is 0 Å². The van der Waals surface area contributed by atoms with E-state index in [-0.39, 0.29) is 0 Å². The van der Waals surface area contributed by atoms with Crippen LogP contribution in [0.1, 0.15) is 5.56 Å². The molecule has 0 saturated carbocycles.